The second kappa shape index (κ2) is 10.4. The maximum Gasteiger partial charge on any atom is 0.296 e. The third-order valence-corrected chi connectivity index (χ3v) is 6.24. The SMILES string of the molecule is CCOC(=NC(=O)c1ccc(Cc2ccccc2)cc1)N1Cc2ccccc2-c2ccccc2C1. The van der Waals surface area contributed by atoms with E-state index in [4.69, 9.17) is 4.74 Å². The molecule has 35 heavy (non-hydrogen) atoms. The Morgan fingerprint density at radius 1 is 0.743 bits per heavy atom. The van der Waals surface area contributed by atoms with Crippen molar-refractivity contribution in [3.8, 4) is 11.1 Å². The van der Waals surface area contributed by atoms with E-state index in [0.29, 0.717) is 31.3 Å². The molecule has 1 aliphatic rings. The minimum Gasteiger partial charge on any atom is -0.465 e. The number of rotatable bonds is 4. The van der Waals surface area contributed by atoms with Crippen LogP contribution in [0.5, 0.6) is 0 Å². The van der Waals surface area contributed by atoms with Gasteiger partial charge in [-0.25, -0.2) is 0 Å². The quantitative estimate of drug-likeness (QED) is 0.258. The molecule has 0 radical (unpaired) electrons. The average molecular weight is 461 g/mol. The normalized spacial score (nSPS) is 12.9. The van der Waals surface area contributed by atoms with Gasteiger partial charge in [0.1, 0.15) is 0 Å². The van der Waals surface area contributed by atoms with Gasteiger partial charge in [-0.2, -0.15) is 4.99 Å². The fourth-order valence-corrected chi connectivity index (χ4v) is 4.52. The van der Waals surface area contributed by atoms with Gasteiger partial charge in [0.2, 0.25) is 0 Å². The first-order chi connectivity index (χ1) is 17.2. The number of fused-ring (bicyclic) bond motifs is 3. The lowest BCUT2D eigenvalue weighted by Gasteiger charge is -2.24. The number of aliphatic imine (C=N–C) groups is 1. The molecule has 0 atom stereocenters. The summed E-state index contributed by atoms with van der Waals surface area (Å²) in [6.07, 6.45) is 0.829. The van der Waals surface area contributed by atoms with Crippen LogP contribution in [-0.2, 0) is 24.2 Å². The minimum absolute atomic E-state index is 0.300. The van der Waals surface area contributed by atoms with Crippen LogP contribution >= 0.6 is 0 Å². The molecule has 0 bridgehead atoms. The largest absolute Gasteiger partial charge is 0.465 e. The molecule has 0 spiro atoms. The van der Waals surface area contributed by atoms with E-state index < -0.39 is 0 Å². The molecule has 4 nitrogen and oxygen atoms in total. The van der Waals surface area contributed by atoms with Crippen molar-refractivity contribution in [2.45, 2.75) is 26.4 Å². The van der Waals surface area contributed by atoms with Crippen LogP contribution in [0, 0.1) is 0 Å². The summed E-state index contributed by atoms with van der Waals surface area (Å²) in [5, 5.41) is 0. The van der Waals surface area contributed by atoms with Crippen molar-refractivity contribution in [3.05, 3.63) is 131 Å². The smallest absolute Gasteiger partial charge is 0.296 e. The molecule has 0 saturated heterocycles. The molecule has 4 aromatic carbocycles. The number of hydrogen-bond donors (Lipinski definition) is 0. The zero-order chi connectivity index (χ0) is 24.0. The molecule has 5 rings (SSSR count). The number of carbonyl (C=O) groups excluding carboxylic acids is 1. The molecular formula is C31H28N2O2. The molecule has 4 heteroatoms. The van der Waals surface area contributed by atoms with E-state index in [2.05, 4.69) is 58.4 Å². The van der Waals surface area contributed by atoms with E-state index in [0.717, 1.165) is 12.0 Å². The van der Waals surface area contributed by atoms with Crippen LogP contribution in [0.3, 0.4) is 0 Å². The van der Waals surface area contributed by atoms with Crippen LogP contribution in [0.2, 0.25) is 0 Å². The Morgan fingerprint density at radius 3 is 1.89 bits per heavy atom. The lowest BCUT2D eigenvalue weighted by molar-refractivity contribution is 0.0993. The van der Waals surface area contributed by atoms with E-state index in [9.17, 15) is 4.79 Å². The number of amidine groups is 1. The Bertz CT molecular complexity index is 1300. The molecule has 0 aromatic heterocycles. The second-order valence-corrected chi connectivity index (χ2v) is 8.66. The Hall–Kier alpha value is -4.18. The summed E-state index contributed by atoms with van der Waals surface area (Å²) in [7, 11) is 0. The predicted molar refractivity (Wildman–Crippen MR) is 140 cm³/mol. The Balaban J connectivity index is 1.41. The molecule has 174 valence electrons. The topological polar surface area (TPSA) is 41.9 Å². The van der Waals surface area contributed by atoms with E-state index in [1.807, 2.05) is 61.5 Å². The van der Waals surface area contributed by atoms with Gasteiger partial charge in [-0.05, 0) is 58.9 Å². The highest BCUT2D eigenvalue weighted by Crippen LogP contribution is 2.32. The maximum atomic E-state index is 13.1. The number of hydrogen-bond acceptors (Lipinski definition) is 2. The van der Waals surface area contributed by atoms with Crippen LogP contribution in [-0.4, -0.2) is 23.4 Å². The van der Waals surface area contributed by atoms with Crippen molar-refractivity contribution in [3.63, 3.8) is 0 Å². The molecule has 0 saturated carbocycles. The van der Waals surface area contributed by atoms with Gasteiger partial charge >= 0.3 is 0 Å². The zero-order valence-corrected chi connectivity index (χ0v) is 19.9. The molecule has 1 amide bonds. The van der Waals surface area contributed by atoms with Crippen LogP contribution in [0.15, 0.2) is 108 Å². The van der Waals surface area contributed by atoms with E-state index >= 15 is 0 Å². The van der Waals surface area contributed by atoms with Gasteiger partial charge in [0.05, 0.1) is 6.61 Å². The first kappa shape index (κ1) is 22.6. The number of benzene rings is 4. The highest BCUT2D eigenvalue weighted by atomic mass is 16.5. The van der Waals surface area contributed by atoms with Crippen molar-refractivity contribution in [1.82, 2.24) is 4.90 Å². The van der Waals surface area contributed by atoms with Crippen molar-refractivity contribution >= 4 is 11.9 Å². The fourth-order valence-electron chi connectivity index (χ4n) is 4.52. The molecule has 0 aliphatic carbocycles. The van der Waals surface area contributed by atoms with E-state index in [1.165, 1.54) is 27.8 Å². The van der Waals surface area contributed by atoms with E-state index in [-0.39, 0.29) is 5.91 Å². The summed E-state index contributed by atoms with van der Waals surface area (Å²) >= 11 is 0. The van der Waals surface area contributed by atoms with Gasteiger partial charge in [0, 0.05) is 18.7 Å². The van der Waals surface area contributed by atoms with Gasteiger partial charge in [-0.15, -0.1) is 0 Å². The Kier molecular flexibility index (Phi) is 6.71. The van der Waals surface area contributed by atoms with Gasteiger partial charge in [0.25, 0.3) is 11.9 Å². The summed E-state index contributed by atoms with van der Waals surface area (Å²) in [5.74, 6) is -0.300. The standard InChI is InChI=1S/C31H28N2O2/c1-2-35-31(32-30(34)25-18-16-24(17-19-25)20-23-10-4-3-5-11-23)33-21-26-12-6-8-14-28(26)29-15-9-7-13-27(29)22-33/h3-19H,2,20-22H2,1H3. The number of ether oxygens (including phenoxy) is 1. The van der Waals surface area contributed by atoms with Crippen LogP contribution in [0.25, 0.3) is 11.1 Å². The molecular weight excluding hydrogens is 432 g/mol. The number of amides is 1. The lowest BCUT2D eigenvalue weighted by Crippen LogP contribution is -2.32. The number of nitrogens with zero attached hydrogens (tertiary/aromatic N) is 2. The third-order valence-electron chi connectivity index (χ3n) is 6.24. The lowest BCUT2D eigenvalue weighted by atomic mass is 9.97. The molecule has 0 N–H and O–H groups in total. The molecule has 1 heterocycles. The van der Waals surface area contributed by atoms with Crippen LogP contribution in [0.4, 0.5) is 0 Å². The highest BCUT2D eigenvalue weighted by Gasteiger charge is 2.23. The molecule has 0 unspecified atom stereocenters. The summed E-state index contributed by atoms with van der Waals surface area (Å²) in [6, 6.07) is 35.1. The third kappa shape index (κ3) is 5.17. The van der Waals surface area contributed by atoms with Crippen LogP contribution < -0.4 is 0 Å². The van der Waals surface area contributed by atoms with Gasteiger partial charge in [0.15, 0.2) is 0 Å². The van der Waals surface area contributed by atoms with E-state index in [1.54, 1.807) is 0 Å². The first-order valence-corrected chi connectivity index (χ1v) is 12.0. The molecule has 0 fully saturated rings. The summed E-state index contributed by atoms with van der Waals surface area (Å²) < 4.78 is 5.92. The van der Waals surface area contributed by atoms with Gasteiger partial charge in [-0.1, -0.05) is 91.0 Å². The van der Waals surface area contributed by atoms with Gasteiger partial charge in [-0.3, -0.25) is 4.79 Å². The van der Waals surface area contributed by atoms with Crippen molar-refractivity contribution < 1.29 is 9.53 Å². The summed E-state index contributed by atoms with van der Waals surface area (Å²) in [4.78, 5) is 19.6. The average Bonchev–Trinajstić information content (AvgIpc) is 3.06. The Labute approximate surface area is 206 Å². The Morgan fingerprint density at radius 2 is 1.29 bits per heavy atom. The van der Waals surface area contributed by atoms with Crippen molar-refractivity contribution in [2.24, 2.45) is 4.99 Å². The van der Waals surface area contributed by atoms with Crippen molar-refractivity contribution in [1.29, 1.82) is 0 Å². The fraction of sp³-hybridized carbons (Fsp3) is 0.161. The van der Waals surface area contributed by atoms with Gasteiger partial charge < -0.3 is 9.64 Å². The first-order valence-electron chi connectivity index (χ1n) is 12.0. The zero-order valence-electron chi connectivity index (χ0n) is 19.9. The highest BCUT2D eigenvalue weighted by molar-refractivity contribution is 6.01. The minimum atomic E-state index is -0.300. The predicted octanol–water partition coefficient (Wildman–Crippen LogP) is 6.49. The monoisotopic (exact) mass is 460 g/mol. The summed E-state index contributed by atoms with van der Waals surface area (Å²) in [5.41, 5.74) is 7.73. The molecule has 1 aliphatic heterocycles. The second-order valence-electron chi connectivity index (χ2n) is 8.66. The number of carbonyl (C=O) groups is 1. The summed E-state index contributed by atoms with van der Waals surface area (Å²) in [6.45, 7) is 3.58. The molecule has 4 aromatic rings. The van der Waals surface area contributed by atoms with Crippen molar-refractivity contribution in [2.75, 3.05) is 6.61 Å². The van der Waals surface area contributed by atoms with Crippen LogP contribution in [0.1, 0.15) is 39.5 Å². The maximum absolute atomic E-state index is 13.1.